The summed E-state index contributed by atoms with van der Waals surface area (Å²) in [6, 6.07) is 8.08. The molecule has 0 heterocycles. The summed E-state index contributed by atoms with van der Waals surface area (Å²) in [7, 11) is -2.55. The molecule has 2 aliphatic rings. The van der Waals surface area contributed by atoms with Crippen molar-refractivity contribution in [2.45, 2.75) is 89.4 Å². The van der Waals surface area contributed by atoms with Gasteiger partial charge in [-0.15, -0.1) is 0 Å². The van der Waals surface area contributed by atoms with Crippen molar-refractivity contribution in [2.24, 2.45) is 5.92 Å². The third-order valence-corrected chi connectivity index (χ3v) is 10.9. The van der Waals surface area contributed by atoms with Crippen LogP contribution in [0.25, 0.3) is 6.08 Å². The summed E-state index contributed by atoms with van der Waals surface area (Å²) >= 11 is 0. The van der Waals surface area contributed by atoms with E-state index in [1.807, 2.05) is 38.1 Å². The first-order valence-electron chi connectivity index (χ1n) is 11.6. The first-order valence-corrected chi connectivity index (χ1v) is 13.4. The molecule has 0 aromatic heterocycles. The predicted octanol–water partition coefficient (Wildman–Crippen LogP) is 6.55. The highest BCUT2D eigenvalue weighted by atomic mass is 31.2. The Balaban J connectivity index is 1.91. The van der Waals surface area contributed by atoms with Gasteiger partial charge < -0.3 is 9.30 Å². The van der Waals surface area contributed by atoms with Crippen molar-refractivity contribution < 1.29 is 14.1 Å². The Hall–Kier alpha value is -1.34. The van der Waals surface area contributed by atoms with Gasteiger partial charge in [0, 0.05) is 22.7 Å². The molecule has 2 saturated carbocycles. The summed E-state index contributed by atoms with van der Waals surface area (Å²) in [6.45, 7) is 4.47. The van der Waals surface area contributed by atoms with Crippen molar-refractivity contribution in [3.05, 3.63) is 35.9 Å². The van der Waals surface area contributed by atoms with Gasteiger partial charge >= 0.3 is 5.97 Å². The number of rotatable bonds is 7. The lowest BCUT2D eigenvalue weighted by Crippen LogP contribution is -2.30. The number of hydrogen-bond acceptors (Lipinski definition) is 3. The molecule has 29 heavy (non-hydrogen) atoms. The minimum absolute atomic E-state index is 0.307. The summed E-state index contributed by atoms with van der Waals surface area (Å²) in [6.07, 6.45) is 15.0. The zero-order chi connectivity index (χ0) is 20.7. The molecule has 3 nitrogen and oxygen atoms in total. The van der Waals surface area contributed by atoms with E-state index in [9.17, 15) is 9.36 Å². The first kappa shape index (κ1) is 22.3. The average Bonchev–Trinajstić information content (AvgIpc) is 2.77. The van der Waals surface area contributed by atoms with E-state index < -0.39 is 7.14 Å². The largest absolute Gasteiger partial charge is 0.462 e. The number of ether oxygens (including phenoxy) is 1. The van der Waals surface area contributed by atoms with Gasteiger partial charge in [0.05, 0.1) is 6.61 Å². The highest BCUT2D eigenvalue weighted by Crippen LogP contribution is 2.62. The van der Waals surface area contributed by atoms with E-state index in [0.717, 1.165) is 36.6 Å². The van der Waals surface area contributed by atoms with Crippen LogP contribution in [0.3, 0.4) is 0 Å². The van der Waals surface area contributed by atoms with Crippen LogP contribution in [0.2, 0.25) is 0 Å². The van der Waals surface area contributed by atoms with E-state index in [-0.39, 0.29) is 5.97 Å². The molecule has 2 fully saturated rings. The predicted molar refractivity (Wildman–Crippen MR) is 122 cm³/mol. The molecule has 0 atom stereocenters. The van der Waals surface area contributed by atoms with E-state index >= 15 is 0 Å². The number of benzene rings is 1. The van der Waals surface area contributed by atoms with Crippen molar-refractivity contribution in [1.82, 2.24) is 0 Å². The van der Waals surface area contributed by atoms with Gasteiger partial charge in [-0.2, -0.15) is 0 Å². The molecule has 0 unspecified atom stereocenters. The van der Waals surface area contributed by atoms with Gasteiger partial charge in [0.25, 0.3) is 0 Å². The van der Waals surface area contributed by atoms with Crippen molar-refractivity contribution in [2.75, 3.05) is 6.61 Å². The molecule has 0 N–H and O–H groups in total. The lowest BCUT2D eigenvalue weighted by molar-refractivity contribution is -0.138. The highest BCUT2D eigenvalue weighted by Gasteiger charge is 2.43. The Labute approximate surface area is 176 Å². The molecular formula is C25H37O3P. The minimum atomic E-state index is -2.55. The van der Waals surface area contributed by atoms with Crippen molar-refractivity contribution in [1.29, 1.82) is 0 Å². The van der Waals surface area contributed by atoms with E-state index in [2.05, 4.69) is 6.07 Å². The number of carbonyl (C=O) groups is 1. The average molecular weight is 417 g/mol. The zero-order valence-corrected chi connectivity index (χ0v) is 19.0. The van der Waals surface area contributed by atoms with Gasteiger partial charge in [0.1, 0.15) is 7.14 Å². The maximum absolute atomic E-state index is 14.9. The molecule has 0 spiro atoms. The van der Waals surface area contributed by atoms with Crippen LogP contribution in [-0.2, 0) is 14.1 Å². The van der Waals surface area contributed by atoms with Crippen LogP contribution in [0.15, 0.2) is 30.3 Å². The van der Waals surface area contributed by atoms with Gasteiger partial charge in [-0.25, -0.2) is 4.79 Å². The summed E-state index contributed by atoms with van der Waals surface area (Å²) in [5.74, 6) is -0.00359. The molecule has 160 valence electrons. The zero-order valence-electron chi connectivity index (χ0n) is 18.1. The molecule has 0 saturated heterocycles. The topological polar surface area (TPSA) is 43.4 Å². The molecular weight excluding hydrogens is 379 g/mol. The van der Waals surface area contributed by atoms with E-state index in [0.29, 0.717) is 23.8 Å². The van der Waals surface area contributed by atoms with E-state index in [1.165, 1.54) is 44.6 Å². The van der Waals surface area contributed by atoms with Gasteiger partial charge in [0.15, 0.2) is 0 Å². The van der Waals surface area contributed by atoms with Crippen LogP contribution in [-0.4, -0.2) is 23.9 Å². The molecule has 3 rings (SSSR count). The Morgan fingerprint density at radius 3 is 2.10 bits per heavy atom. The highest BCUT2D eigenvalue weighted by molar-refractivity contribution is 7.73. The first-order chi connectivity index (χ1) is 14.0. The molecule has 0 bridgehead atoms. The Morgan fingerprint density at radius 1 is 1.00 bits per heavy atom. The summed E-state index contributed by atoms with van der Waals surface area (Å²) < 4.78 is 20.1. The molecule has 0 radical (unpaired) electrons. The lowest BCUT2D eigenvalue weighted by atomic mass is 9.99. The van der Waals surface area contributed by atoms with Gasteiger partial charge in [-0.1, -0.05) is 76.6 Å². The lowest BCUT2D eigenvalue weighted by Gasteiger charge is -2.39. The van der Waals surface area contributed by atoms with Crippen molar-refractivity contribution in [3.8, 4) is 0 Å². The van der Waals surface area contributed by atoms with Crippen LogP contribution in [0, 0.1) is 5.92 Å². The van der Waals surface area contributed by atoms with Gasteiger partial charge in [-0.3, -0.25) is 0 Å². The smallest absolute Gasteiger partial charge is 0.330 e. The van der Waals surface area contributed by atoms with Crippen LogP contribution in [0.4, 0.5) is 0 Å². The Morgan fingerprint density at radius 2 is 1.55 bits per heavy atom. The van der Waals surface area contributed by atoms with Crippen molar-refractivity contribution in [3.63, 3.8) is 0 Å². The quantitative estimate of drug-likeness (QED) is 0.287. The SMILES string of the molecule is CC(C)COC(=O)/C=C/c1ccccc1P(=O)(C1CCCCC1)C1CCCCC1. The second-order valence-corrected chi connectivity index (χ2v) is 12.6. The number of esters is 1. The van der Waals surface area contributed by atoms with Crippen molar-refractivity contribution >= 4 is 24.5 Å². The fourth-order valence-corrected chi connectivity index (χ4v) is 9.54. The Bertz CT molecular complexity index is 718. The van der Waals surface area contributed by atoms with E-state index in [4.69, 9.17) is 4.74 Å². The normalized spacial score (nSPS) is 19.7. The molecule has 4 heteroatoms. The number of carbonyl (C=O) groups excluding carboxylic acids is 1. The minimum Gasteiger partial charge on any atom is -0.462 e. The van der Waals surface area contributed by atoms with Crippen LogP contribution < -0.4 is 5.30 Å². The third-order valence-electron chi connectivity index (χ3n) is 6.51. The molecule has 0 aliphatic heterocycles. The summed E-state index contributed by atoms with van der Waals surface area (Å²) in [5, 5.41) is 1.01. The maximum atomic E-state index is 14.9. The maximum Gasteiger partial charge on any atom is 0.330 e. The van der Waals surface area contributed by atoms with Crippen LogP contribution in [0.1, 0.15) is 83.6 Å². The number of hydrogen-bond donors (Lipinski definition) is 0. The van der Waals surface area contributed by atoms with Crippen LogP contribution in [0.5, 0.6) is 0 Å². The van der Waals surface area contributed by atoms with Crippen LogP contribution >= 0.6 is 7.14 Å². The monoisotopic (exact) mass is 416 g/mol. The summed E-state index contributed by atoms with van der Waals surface area (Å²) in [4.78, 5) is 12.1. The second-order valence-electron chi connectivity index (χ2n) is 9.21. The molecule has 1 aromatic carbocycles. The Kier molecular flexibility index (Phi) is 8.18. The third kappa shape index (κ3) is 5.63. The fourth-order valence-electron chi connectivity index (χ4n) is 5.02. The van der Waals surface area contributed by atoms with Gasteiger partial charge in [-0.05, 0) is 43.2 Å². The second kappa shape index (κ2) is 10.6. The summed E-state index contributed by atoms with van der Waals surface area (Å²) in [5.41, 5.74) is 1.55. The molecule has 2 aliphatic carbocycles. The standard InChI is InChI=1S/C25H37O3P/c1-20(2)19-28-25(26)18-17-21-11-9-10-16-24(21)29(27,22-12-5-3-6-13-22)23-14-7-4-8-15-23/h9-11,16-18,20,22-23H,3-8,12-15,19H2,1-2H3/b18-17+. The molecule has 0 amide bonds. The fraction of sp³-hybridized carbons (Fsp3) is 0.640. The van der Waals surface area contributed by atoms with Gasteiger partial charge in [0.2, 0.25) is 0 Å². The molecule has 1 aromatic rings. The van der Waals surface area contributed by atoms with E-state index in [1.54, 1.807) is 0 Å².